The number of carbonyl (C=O) groups excluding carboxylic acids is 2. The molecule has 2 amide bonds. The Hall–Kier alpha value is -1.14. The minimum absolute atomic E-state index is 0.0139. The van der Waals surface area contributed by atoms with Crippen molar-refractivity contribution < 1.29 is 9.59 Å². The first-order chi connectivity index (χ1) is 10.5. The number of amides is 2. The largest absolute Gasteiger partial charge is 0.355 e. The van der Waals surface area contributed by atoms with Crippen molar-refractivity contribution in [1.29, 1.82) is 0 Å². The van der Waals surface area contributed by atoms with Crippen molar-refractivity contribution in [3.63, 3.8) is 0 Å². The van der Waals surface area contributed by atoms with Gasteiger partial charge in [-0.2, -0.15) is 0 Å². The van der Waals surface area contributed by atoms with Gasteiger partial charge in [0.15, 0.2) is 0 Å². The monoisotopic (exact) mass is 310 g/mol. The van der Waals surface area contributed by atoms with Gasteiger partial charge >= 0.3 is 0 Å². The highest BCUT2D eigenvalue weighted by Gasteiger charge is 2.35. The topological polar surface area (TPSA) is 64.7 Å². The van der Waals surface area contributed by atoms with Crippen LogP contribution in [0.25, 0.3) is 0 Å². The predicted molar refractivity (Wildman–Crippen MR) is 86.5 cm³/mol. The Morgan fingerprint density at radius 1 is 1.14 bits per heavy atom. The molecule has 0 aromatic heterocycles. The lowest BCUT2D eigenvalue weighted by Gasteiger charge is -2.35. The van der Waals surface area contributed by atoms with Gasteiger partial charge in [0.05, 0.1) is 13.1 Å². The third-order valence-corrected chi connectivity index (χ3v) is 4.83. The minimum Gasteiger partial charge on any atom is -0.355 e. The van der Waals surface area contributed by atoms with Crippen LogP contribution in [0.1, 0.15) is 39.0 Å². The lowest BCUT2D eigenvalue weighted by atomic mass is 9.98. The summed E-state index contributed by atoms with van der Waals surface area (Å²) in [5, 5.41) is 6.42. The summed E-state index contributed by atoms with van der Waals surface area (Å²) in [4.78, 5) is 27.6. The van der Waals surface area contributed by atoms with E-state index in [0.29, 0.717) is 31.2 Å². The van der Waals surface area contributed by atoms with E-state index in [-0.39, 0.29) is 18.4 Å². The van der Waals surface area contributed by atoms with Crippen LogP contribution in [0.15, 0.2) is 0 Å². The molecule has 2 saturated heterocycles. The Morgan fingerprint density at radius 2 is 1.77 bits per heavy atom. The van der Waals surface area contributed by atoms with Gasteiger partial charge < -0.3 is 15.5 Å². The quantitative estimate of drug-likeness (QED) is 0.704. The summed E-state index contributed by atoms with van der Waals surface area (Å²) in [7, 11) is 3.73. The minimum atomic E-state index is -0.0831. The second-order valence-corrected chi connectivity index (χ2v) is 6.78. The van der Waals surface area contributed by atoms with Crippen molar-refractivity contribution in [3.8, 4) is 0 Å². The Morgan fingerprint density at radius 3 is 2.36 bits per heavy atom. The molecular weight excluding hydrogens is 280 g/mol. The molecule has 0 spiro atoms. The zero-order valence-electron chi connectivity index (χ0n) is 14.1. The summed E-state index contributed by atoms with van der Waals surface area (Å²) < 4.78 is 0. The van der Waals surface area contributed by atoms with Crippen LogP contribution >= 0.6 is 0 Å². The Kier molecular flexibility index (Phi) is 6.20. The molecule has 2 N–H and O–H groups in total. The normalized spacial score (nSPS) is 27.0. The average Bonchev–Trinajstić information content (AvgIpc) is 2.83. The zero-order chi connectivity index (χ0) is 16.1. The fraction of sp³-hybridized carbons (Fsp3) is 0.875. The number of piperidine rings is 1. The van der Waals surface area contributed by atoms with E-state index in [1.807, 2.05) is 14.0 Å². The zero-order valence-corrected chi connectivity index (χ0v) is 14.1. The molecule has 0 aromatic carbocycles. The molecule has 2 heterocycles. The third-order valence-electron chi connectivity index (χ3n) is 4.83. The first kappa shape index (κ1) is 17.2. The van der Waals surface area contributed by atoms with E-state index in [0.717, 1.165) is 19.3 Å². The predicted octanol–water partition coefficient (Wildman–Crippen LogP) is 0.186. The van der Waals surface area contributed by atoms with Gasteiger partial charge in [-0.05, 0) is 39.2 Å². The van der Waals surface area contributed by atoms with E-state index in [1.165, 1.54) is 17.7 Å². The molecule has 0 radical (unpaired) electrons. The molecule has 22 heavy (non-hydrogen) atoms. The molecule has 0 saturated carbocycles. The Bertz CT molecular complexity index is 390. The molecule has 2 unspecified atom stereocenters. The van der Waals surface area contributed by atoms with Gasteiger partial charge in [0.2, 0.25) is 11.8 Å². The third kappa shape index (κ3) is 4.68. The first-order valence-electron chi connectivity index (χ1n) is 8.46. The van der Waals surface area contributed by atoms with Gasteiger partial charge in [-0.15, -0.1) is 0 Å². The van der Waals surface area contributed by atoms with Crippen LogP contribution < -0.4 is 10.6 Å². The van der Waals surface area contributed by atoms with Crippen molar-refractivity contribution in [2.75, 3.05) is 33.7 Å². The van der Waals surface area contributed by atoms with Crippen LogP contribution in [0.2, 0.25) is 0 Å². The van der Waals surface area contributed by atoms with E-state index in [1.54, 1.807) is 7.05 Å². The molecule has 126 valence electrons. The maximum Gasteiger partial charge on any atom is 0.239 e. The van der Waals surface area contributed by atoms with Gasteiger partial charge in [-0.1, -0.05) is 6.92 Å². The number of nitrogens with zero attached hydrogens (tertiary/aromatic N) is 2. The van der Waals surface area contributed by atoms with Crippen molar-refractivity contribution >= 4 is 11.8 Å². The van der Waals surface area contributed by atoms with Crippen LogP contribution in [-0.4, -0.2) is 73.5 Å². The molecule has 2 fully saturated rings. The molecule has 2 bridgehead atoms. The summed E-state index contributed by atoms with van der Waals surface area (Å²) in [5.41, 5.74) is 0. The lowest BCUT2D eigenvalue weighted by molar-refractivity contribution is -0.135. The molecule has 0 aromatic rings. The molecule has 2 aliphatic heterocycles. The summed E-state index contributed by atoms with van der Waals surface area (Å²) in [6.45, 7) is 3.21. The second-order valence-electron chi connectivity index (χ2n) is 6.78. The summed E-state index contributed by atoms with van der Waals surface area (Å²) in [6.07, 6.45) is 5.69. The molecular formula is C16H30N4O2. The molecule has 6 nitrogen and oxygen atoms in total. The maximum absolute atomic E-state index is 12.3. The maximum atomic E-state index is 12.3. The van der Waals surface area contributed by atoms with Crippen molar-refractivity contribution in [2.45, 2.75) is 57.2 Å². The van der Waals surface area contributed by atoms with Gasteiger partial charge in [-0.25, -0.2) is 0 Å². The molecule has 2 aliphatic rings. The summed E-state index contributed by atoms with van der Waals surface area (Å²) >= 11 is 0. The highest BCUT2D eigenvalue weighted by Crippen LogP contribution is 2.29. The Labute approximate surface area is 133 Å². The fourth-order valence-corrected chi connectivity index (χ4v) is 3.47. The second kappa shape index (κ2) is 7.92. The van der Waals surface area contributed by atoms with E-state index < -0.39 is 0 Å². The number of likely N-dealkylation sites (N-methyl/N-ethyl adjacent to an activating group) is 2. The smallest absolute Gasteiger partial charge is 0.239 e. The van der Waals surface area contributed by atoms with E-state index in [9.17, 15) is 9.59 Å². The van der Waals surface area contributed by atoms with Crippen LogP contribution in [0.4, 0.5) is 0 Å². The van der Waals surface area contributed by atoms with Crippen LogP contribution in [-0.2, 0) is 9.59 Å². The van der Waals surface area contributed by atoms with Crippen LogP contribution in [0.3, 0.4) is 0 Å². The summed E-state index contributed by atoms with van der Waals surface area (Å²) in [6, 6.07) is 1.72. The lowest BCUT2D eigenvalue weighted by Crippen LogP contribution is -2.50. The number of hydrogen-bond acceptors (Lipinski definition) is 4. The van der Waals surface area contributed by atoms with E-state index in [2.05, 4.69) is 15.5 Å². The highest BCUT2D eigenvalue weighted by molar-refractivity contribution is 5.85. The number of rotatable bonds is 7. The van der Waals surface area contributed by atoms with Crippen molar-refractivity contribution in [1.82, 2.24) is 20.4 Å². The van der Waals surface area contributed by atoms with Crippen molar-refractivity contribution in [2.24, 2.45) is 0 Å². The SMILES string of the molecule is CCCNC(=O)CN(C)C(=O)CN(C)C1CC2CCC(C1)N2. The van der Waals surface area contributed by atoms with Gasteiger partial charge in [-0.3, -0.25) is 14.5 Å². The van der Waals surface area contributed by atoms with Gasteiger partial charge in [0.25, 0.3) is 0 Å². The number of fused-ring (bicyclic) bond motifs is 2. The van der Waals surface area contributed by atoms with Crippen LogP contribution in [0, 0.1) is 0 Å². The number of nitrogens with one attached hydrogen (secondary N) is 2. The van der Waals surface area contributed by atoms with Gasteiger partial charge in [0, 0.05) is 31.7 Å². The summed E-state index contributed by atoms with van der Waals surface area (Å²) in [5.74, 6) is -0.0692. The highest BCUT2D eigenvalue weighted by atomic mass is 16.2. The molecule has 6 heteroatoms. The average molecular weight is 310 g/mol. The number of hydrogen-bond donors (Lipinski definition) is 2. The van der Waals surface area contributed by atoms with Crippen molar-refractivity contribution in [3.05, 3.63) is 0 Å². The standard InChI is InChI=1S/C16H30N4O2/c1-4-7-17-15(21)10-20(3)16(22)11-19(2)14-8-12-5-6-13(9-14)18-12/h12-14,18H,4-11H2,1-3H3,(H,17,21). The van der Waals surface area contributed by atoms with E-state index >= 15 is 0 Å². The van der Waals surface area contributed by atoms with Gasteiger partial charge in [0.1, 0.15) is 0 Å². The number of carbonyl (C=O) groups is 2. The van der Waals surface area contributed by atoms with Crippen LogP contribution in [0.5, 0.6) is 0 Å². The molecule has 0 aliphatic carbocycles. The molecule has 2 rings (SSSR count). The first-order valence-corrected chi connectivity index (χ1v) is 8.46. The van der Waals surface area contributed by atoms with E-state index in [4.69, 9.17) is 0 Å². The fourth-order valence-electron chi connectivity index (χ4n) is 3.47. The molecule has 2 atom stereocenters. The Balaban J connectivity index is 1.74.